The van der Waals surface area contributed by atoms with Crippen molar-refractivity contribution < 1.29 is 4.42 Å². The van der Waals surface area contributed by atoms with Gasteiger partial charge in [-0.25, -0.2) is 16.4 Å². The van der Waals surface area contributed by atoms with Crippen molar-refractivity contribution in [2.45, 2.75) is 0 Å². The van der Waals surface area contributed by atoms with Gasteiger partial charge in [0.05, 0.1) is 18.1 Å². The standard InChI is InChI=1S/C24H16N4OS2/c1-25-8-9-28(3)23-12-16-10-15-11-17(30-21(15)14-22(16)31-23)13-19(26-2)24-27-18-6-4-5-7-20(18)29-24/h4-7,10-14H,8-9H2,3H3/b19-13-. The zero-order valence-electron chi connectivity index (χ0n) is 16.6. The van der Waals surface area contributed by atoms with Gasteiger partial charge in [0.1, 0.15) is 5.52 Å². The van der Waals surface area contributed by atoms with Crippen molar-refractivity contribution in [2.24, 2.45) is 0 Å². The van der Waals surface area contributed by atoms with Crippen LogP contribution in [0.4, 0.5) is 5.00 Å². The Morgan fingerprint density at radius 1 is 1.10 bits per heavy atom. The van der Waals surface area contributed by atoms with Crippen LogP contribution in [0.5, 0.6) is 0 Å². The molecule has 0 aliphatic carbocycles. The van der Waals surface area contributed by atoms with Gasteiger partial charge in [0.25, 0.3) is 0 Å². The Morgan fingerprint density at radius 3 is 2.71 bits per heavy atom. The highest BCUT2D eigenvalue weighted by atomic mass is 32.1. The molecule has 3 aromatic heterocycles. The molecule has 7 heteroatoms. The summed E-state index contributed by atoms with van der Waals surface area (Å²) < 4.78 is 8.17. The number of likely N-dealkylation sites (N-methyl/N-ethyl adjacent to an activating group) is 1. The van der Waals surface area contributed by atoms with E-state index in [1.807, 2.05) is 37.4 Å². The Kier molecular flexibility index (Phi) is 4.91. The van der Waals surface area contributed by atoms with Crippen LogP contribution in [0.1, 0.15) is 10.8 Å². The molecule has 0 fully saturated rings. The van der Waals surface area contributed by atoms with E-state index in [0.717, 1.165) is 22.3 Å². The molecule has 0 aliphatic heterocycles. The van der Waals surface area contributed by atoms with Gasteiger partial charge in [-0.2, -0.15) is 0 Å². The SMILES string of the molecule is [C-]#[N+]CCN(C)c1cc2cc3cc(/C=C(\[N+]#[C-])c4nc5ccccc5o4)sc3cc2s1. The summed E-state index contributed by atoms with van der Waals surface area (Å²) in [5, 5.41) is 3.52. The second kappa shape index (κ2) is 7.88. The molecule has 3 heterocycles. The Morgan fingerprint density at radius 2 is 1.90 bits per heavy atom. The van der Waals surface area contributed by atoms with E-state index in [1.54, 1.807) is 22.7 Å². The maximum absolute atomic E-state index is 7.60. The number of anilines is 1. The molecule has 0 atom stereocenters. The summed E-state index contributed by atoms with van der Waals surface area (Å²) in [6.45, 7) is 15.8. The predicted molar refractivity (Wildman–Crippen MR) is 130 cm³/mol. The lowest BCUT2D eigenvalue weighted by Gasteiger charge is -2.12. The van der Waals surface area contributed by atoms with E-state index < -0.39 is 0 Å². The minimum atomic E-state index is 0.349. The normalized spacial score (nSPS) is 11.8. The van der Waals surface area contributed by atoms with Crippen LogP contribution >= 0.6 is 22.7 Å². The molecule has 0 aliphatic rings. The van der Waals surface area contributed by atoms with Gasteiger partial charge >= 0.3 is 0 Å². The lowest BCUT2D eigenvalue weighted by atomic mass is 10.2. The third-order valence-corrected chi connectivity index (χ3v) is 7.25. The first-order valence-electron chi connectivity index (χ1n) is 9.61. The van der Waals surface area contributed by atoms with Crippen molar-refractivity contribution in [3.63, 3.8) is 0 Å². The van der Waals surface area contributed by atoms with Crippen LogP contribution in [0.15, 0.2) is 52.9 Å². The van der Waals surface area contributed by atoms with Gasteiger partial charge in [0.2, 0.25) is 18.1 Å². The number of benzene rings is 2. The molecule has 5 aromatic rings. The molecule has 0 amide bonds. The van der Waals surface area contributed by atoms with Crippen molar-refractivity contribution in [1.29, 1.82) is 0 Å². The fourth-order valence-corrected chi connectivity index (χ4v) is 5.58. The largest absolute Gasteiger partial charge is 0.447 e. The summed E-state index contributed by atoms with van der Waals surface area (Å²) in [5.41, 5.74) is 1.83. The molecule has 0 unspecified atom stereocenters. The Hall–Kier alpha value is -3.65. The number of oxazole rings is 1. The van der Waals surface area contributed by atoms with E-state index >= 15 is 0 Å². The van der Waals surface area contributed by atoms with Gasteiger partial charge in [-0.05, 0) is 53.2 Å². The van der Waals surface area contributed by atoms with E-state index in [0.29, 0.717) is 23.7 Å². The van der Waals surface area contributed by atoms with Crippen LogP contribution in [-0.2, 0) is 0 Å². The van der Waals surface area contributed by atoms with Crippen LogP contribution in [-0.4, -0.2) is 25.1 Å². The number of rotatable bonds is 5. The van der Waals surface area contributed by atoms with Crippen molar-refractivity contribution in [2.75, 3.05) is 25.0 Å². The quantitative estimate of drug-likeness (QED) is 0.275. The summed E-state index contributed by atoms with van der Waals surface area (Å²) in [7, 11) is 2.03. The smallest absolute Gasteiger partial charge is 0.249 e. The number of fused-ring (bicyclic) bond motifs is 3. The molecule has 2 aromatic carbocycles. The van der Waals surface area contributed by atoms with Gasteiger partial charge in [-0.1, -0.05) is 12.1 Å². The van der Waals surface area contributed by atoms with Crippen LogP contribution in [0.25, 0.3) is 52.7 Å². The fraction of sp³-hybridized carbons (Fsp3) is 0.125. The first-order chi connectivity index (χ1) is 15.1. The fourth-order valence-electron chi connectivity index (χ4n) is 3.41. The summed E-state index contributed by atoms with van der Waals surface area (Å²) in [5.74, 6) is 0.349. The minimum Gasteiger partial charge on any atom is -0.447 e. The second-order valence-electron chi connectivity index (χ2n) is 7.09. The van der Waals surface area contributed by atoms with E-state index in [9.17, 15) is 0 Å². The van der Waals surface area contributed by atoms with E-state index in [1.165, 1.54) is 19.8 Å². The number of thiophene rings is 2. The summed E-state index contributed by atoms with van der Waals surface area (Å²) >= 11 is 3.39. The van der Waals surface area contributed by atoms with Gasteiger partial charge in [0, 0.05) is 21.3 Å². The van der Waals surface area contributed by atoms with E-state index in [2.05, 4.69) is 43.8 Å². The summed E-state index contributed by atoms with van der Waals surface area (Å²) in [6, 6.07) is 16.2. The number of para-hydroxylation sites is 2. The lowest BCUT2D eigenvalue weighted by Crippen LogP contribution is -2.18. The Labute approximate surface area is 187 Å². The van der Waals surface area contributed by atoms with E-state index in [4.69, 9.17) is 17.6 Å². The molecule has 0 spiro atoms. The average molecular weight is 441 g/mol. The highest BCUT2D eigenvalue weighted by Gasteiger charge is 2.13. The Balaban J connectivity index is 1.50. The zero-order valence-corrected chi connectivity index (χ0v) is 18.3. The van der Waals surface area contributed by atoms with Gasteiger partial charge in [0.15, 0.2) is 5.58 Å². The van der Waals surface area contributed by atoms with Gasteiger partial charge in [-0.15, -0.1) is 22.7 Å². The van der Waals surface area contributed by atoms with Crippen LogP contribution in [0, 0.1) is 13.1 Å². The number of nitrogens with zero attached hydrogens (tertiary/aromatic N) is 4. The monoisotopic (exact) mass is 440 g/mol. The van der Waals surface area contributed by atoms with Crippen LogP contribution < -0.4 is 4.90 Å². The van der Waals surface area contributed by atoms with Crippen molar-refractivity contribution in [3.8, 4) is 0 Å². The molecule has 31 heavy (non-hydrogen) atoms. The van der Waals surface area contributed by atoms with Gasteiger partial charge in [-0.3, -0.25) is 0 Å². The highest BCUT2D eigenvalue weighted by Crippen LogP contribution is 2.38. The summed E-state index contributed by atoms with van der Waals surface area (Å²) in [6.07, 6.45) is 1.85. The topological polar surface area (TPSA) is 38.0 Å². The maximum atomic E-state index is 7.60. The van der Waals surface area contributed by atoms with E-state index in [-0.39, 0.29) is 0 Å². The zero-order chi connectivity index (χ0) is 21.4. The molecule has 0 saturated carbocycles. The molecule has 0 radical (unpaired) electrons. The predicted octanol–water partition coefficient (Wildman–Crippen LogP) is 7.03. The number of hydrogen-bond donors (Lipinski definition) is 0. The number of hydrogen-bond acceptors (Lipinski definition) is 5. The molecule has 0 saturated heterocycles. The molecule has 5 rings (SSSR count). The summed E-state index contributed by atoms with van der Waals surface area (Å²) in [4.78, 5) is 14.7. The van der Waals surface area contributed by atoms with Gasteiger partial charge < -0.3 is 14.2 Å². The molecular formula is C24H16N4OS2. The second-order valence-corrected chi connectivity index (χ2v) is 9.27. The molecule has 5 nitrogen and oxygen atoms in total. The molecule has 0 N–H and O–H groups in total. The molecule has 150 valence electrons. The third-order valence-electron chi connectivity index (χ3n) is 5.00. The highest BCUT2D eigenvalue weighted by molar-refractivity contribution is 7.24. The van der Waals surface area contributed by atoms with Crippen molar-refractivity contribution in [1.82, 2.24) is 4.98 Å². The first-order valence-corrected chi connectivity index (χ1v) is 11.2. The maximum Gasteiger partial charge on any atom is 0.249 e. The molecular weight excluding hydrogens is 424 g/mol. The average Bonchev–Trinajstić information content (AvgIpc) is 3.48. The third kappa shape index (κ3) is 3.66. The molecule has 0 bridgehead atoms. The lowest BCUT2D eigenvalue weighted by molar-refractivity contribution is 0.586. The van der Waals surface area contributed by atoms with Crippen LogP contribution in [0.3, 0.4) is 0 Å². The minimum absolute atomic E-state index is 0.349. The Bertz CT molecular complexity index is 1460. The van der Waals surface area contributed by atoms with Crippen LogP contribution in [0.2, 0.25) is 0 Å². The number of aromatic nitrogens is 1. The first kappa shape index (κ1) is 19.3. The van der Waals surface area contributed by atoms with Crippen molar-refractivity contribution >= 4 is 70.7 Å². The van der Waals surface area contributed by atoms with Crippen molar-refractivity contribution in [3.05, 3.63) is 82.1 Å².